The third kappa shape index (κ3) is 5.03. The first kappa shape index (κ1) is 14.6. The summed E-state index contributed by atoms with van der Waals surface area (Å²) in [4.78, 5) is 22.9. The molecule has 4 nitrogen and oxygen atoms in total. The lowest BCUT2D eigenvalue weighted by atomic mass is 9.99. The van der Waals surface area contributed by atoms with Crippen LogP contribution in [0.1, 0.15) is 31.2 Å². The van der Waals surface area contributed by atoms with Crippen molar-refractivity contribution in [1.29, 1.82) is 0 Å². The van der Waals surface area contributed by atoms with Crippen LogP contribution in [0.3, 0.4) is 0 Å². The molecule has 20 heavy (non-hydrogen) atoms. The second kappa shape index (κ2) is 7.08. The van der Waals surface area contributed by atoms with E-state index in [4.69, 9.17) is 0 Å². The summed E-state index contributed by atoms with van der Waals surface area (Å²) in [5, 5.41) is 12.0. The van der Waals surface area contributed by atoms with Gasteiger partial charge in [0, 0.05) is 13.0 Å². The normalized spacial score (nSPS) is 15.6. The lowest BCUT2D eigenvalue weighted by molar-refractivity contribution is -0.141. The Bertz CT molecular complexity index is 454. The Labute approximate surface area is 119 Å². The van der Waals surface area contributed by atoms with Crippen molar-refractivity contribution in [2.45, 2.75) is 32.1 Å². The standard InChI is InChI=1S/C16H21NO3/c18-15(9-8-12-6-7-12)17-11-14(16(19)20)10-13-4-2-1-3-5-13/h1-5,12,14H,6-11H2,(H,17,18)(H,19,20). The Morgan fingerprint density at radius 1 is 1.25 bits per heavy atom. The van der Waals surface area contributed by atoms with Crippen LogP contribution in [0.5, 0.6) is 0 Å². The molecule has 1 saturated carbocycles. The van der Waals surface area contributed by atoms with Gasteiger partial charge < -0.3 is 10.4 Å². The zero-order valence-electron chi connectivity index (χ0n) is 11.5. The zero-order chi connectivity index (χ0) is 14.4. The van der Waals surface area contributed by atoms with Crippen LogP contribution < -0.4 is 5.32 Å². The molecule has 0 spiro atoms. The topological polar surface area (TPSA) is 66.4 Å². The third-order valence-corrected chi connectivity index (χ3v) is 3.70. The summed E-state index contributed by atoms with van der Waals surface area (Å²) < 4.78 is 0. The molecule has 4 heteroatoms. The van der Waals surface area contributed by atoms with Gasteiger partial charge in [-0.25, -0.2) is 0 Å². The van der Waals surface area contributed by atoms with Crippen molar-refractivity contribution in [3.05, 3.63) is 35.9 Å². The van der Waals surface area contributed by atoms with Crippen LogP contribution in [0.2, 0.25) is 0 Å². The summed E-state index contributed by atoms with van der Waals surface area (Å²) in [5.41, 5.74) is 0.979. The number of hydrogen-bond donors (Lipinski definition) is 2. The van der Waals surface area contributed by atoms with E-state index >= 15 is 0 Å². The number of carboxylic acids is 1. The predicted octanol–water partition coefficient (Wildman–Crippen LogP) is 2.24. The van der Waals surface area contributed by atoms with E-state index in [9.17, 15) is 14.7 Å². The third-order valence-electron chi connectivity index (χ3n) is 3.70. The van der Waals surface area contributed by atoms with Crippen molar-refractivity contribution in [3.8, 4) is 0 Å². The SMILES string of the molecule is O=C(CCC1CC1)NCC(Cc1ccccc1)C(=O)O. The van der Waals surface area contributed by atoms with E-state index in [0.717, 1.165) is 17.9 Å². The number of nitrogens with one attached hydrogen (secondary N) is 1. The van der Waals surface area contributed by atoms with Gasteiger partial charge in [0.1, 0.15) is 0 Å². The predicted molar refractivity (Wildman–Crippen MR) is 76.2 cm³/mol. The number of aliphatic carboxylic acids is 1. The lowest BCUT2D eigenvalue weighted by Gasteiger charge is -2.13. The molecule has 1 unspecified atom stereocenters. The smallest absolute Gasteiger partial charge is 0.308 e. The number of benzene rings is 1. The summed E-state index contributed by atoms with van der Waals surface area (Å²) in [7, 11) is 0. The molecule has 0 aromatic heterocycles. The summed E-state index contributed by atoms with van der Waals surface area (Å²) in [6.07, 6.45) is 4.36. The molecule has 1 fully saturated rings. The summed E-state index contributed by atoms with van der Waals surface area (Å²) >= 11 is 0. The van der Waals surface area contributed by atoms with E-state index in [2.05, 4.69) is 5.32 Å². The molecule has 108 valence electrons. The highest BCUT2D eigenvalue weighted by Gasteiger charge is 2.23. The van der Waals surface area contributed by atoms with Crippen LogP contribution in [0, 0.1) is 11.8 Å². The fourth-order valence-electron chi connectivity index (χ4n) is 2.21. The monoisotopic (exact) mass is 275 g/mol. The van der Waals surface area contributed by atoms with Crippen LogP contribution in [0.4, 0.5) is 0 Å². The maximum Gasteiger partial charge on any atom is 0.308 e. The number of rotatable bonds is 8. The van der Waals surface area contributed by atoms with E-state index in [1.54, 1.807) is 0 Å². The molecule has 1 atom stereocenters. The second-order valence-corrected chi connectivity index (χ2v) is 5.51. The molecule has 0 saturated heterocycles. The van der Waals surface area contributed by atoms with Crippen LogP contribution in [0.25, 0.3) is 0 Å². The number of hydrogen-bond acceptors (Lipinski definition) is 2. The van der Waals surface area contributed by atoms with Gasteiger partial charge in [-0.15, -0.1) is 0 Å². The molecular formula is C16H21NO3. The fraction of sp³-hybridized carbons (Fsp3) is 0.500. The van der Waals surface area contributed by atoms with Gasteiger partial charge in [-0.3, -0.25) is 9.59 Å². The summed E-state index contributed by atoms with van der Waals surface area (Å²) in [6, 6.07) is 9.50. The van der Waals surface area contributed by atoms with Crippen molar-refractivity contribution < 1.29 is 14.7 Å². The van der Waals surface area contributed by atoms with E-state index in [-0.39, 0.29) is 12.5 Å². The highest BCUT2D eigenvalue weighted by molar-refractivity contribution is 5.77. The molecule has 0 bridgehead atoms. The second-order valence-electron chi connectivity index (χ2n) is 5.51. The molecule has 1 aromatic rings. The Balaban J connectivity index is 1.76. The minimum Gasteiger partial charge on any atom is -0.481 e. The molecule has 1 amide bonds. The van der Waals surface area contributed by atoms with E-state index in [0.29, 0.717) is 12.8 Å². The molecule has 2 N–H and O–H groups in total. The number of carbonyl (C=O) groups is 2. The first-order valence-electron chi connectivity index (χ1n) is 7.18. The Morgan fingerprint density at radius 3 is 2.55 bits per heavy atom. The quantitative estimate of drug-likeness (QED) is 0.764. The first-order valence-corrected chi connectivity index (χ1v) is 7.18. The van der Waals surface area contributed by atoms with Crippen molar-refractivity contribution >= 4 is 11.9 Å². The molecule has 0 radical (unpaired) electrons. The van der Waals surface area contributed by atoms with Crippen LogP contribution in [-0.4, -0.2) is 23.5 Å². The number of carboxylic acid groups (broad SMARTS) is 1. The molecule has 1 aromatic carbocycles. The first-order chi connectivity index (χ1) is 9.65. The molecule has 2 rings (SSSR count). The highest BCUT2D eigenvalue weighted by Crippen LogP contribution is 2.33. The lowest BCUT2D eigenvalue weighted by Crippen LogP contribution is -2.34. The average Bonchev–Trinajstić information content (AvgIpc) is 3.26. The average molecular weight is 275 g/mol. The Hall–Kier alpha value is -1.84. The van der Waals surface area contributed by atoms with Crippen LogP contribution in [-0.2, 0) is 16.0 Å². The minimum atomic E-state index is -0.864. The van der Waals surface area contributed by atoms with Crippen molar-refractivity contribution in [1.82, 2.24) is 5.32 Å². The summed E-state index contributed by atoms with van der Waals surface area (Å²) in [5.74, 6) is -0.741. The van der Waals surface area contributed by atoms with E-state index in [1.807, 2.05) is 30.3 Å². The van der Waals surface area contributed by atoms with Gasteiger partial charge in [0.25, 0.3) is 0 Å². The summed E-state index contributed by atoms with van der Waals surface area (Å²) in [6.45, 7) is 0.202. The number of carbonyl (C=O) groups excluding carboxylic acids is 1. The molecular weight excluding hydrogens is 254 g/mol. The van der Waals surface area contributed by atoms with Gasteiger partial charge in [0.15, 0.2) is 0 Å². The molecule has 1 aliphatic carbocycles. The maximum absolute atomic E-state index is 11.7. The van der Waals surface area contributed by atoms with E-state index < -0.39 is 11.9 Å². The minimum absolute atomic E-state index is 0.0313. The largest absolute Gasteiger partial charge is 0.481 e. The highest BCUT2D eigenvalue weighted by atomic mass is 16.4. The zero-order valence-corrected chi connectivity index (χ0v) is 11.5. The van der Waals surface area contributed by atoms with Crippen molar-refractivity contribution in [2.24, 2.45) is 11.8 Å². The van der Waals surface area contributed by atoms with E-state index in [1.165, 1.54) is 12.8 Å². The Morgan fingerprint density at radius 2 is 1.95 bits per heavy atom. The molecule has 0 heterocycles. The van der Waals surface area contributed by atoms with Gasteiger partial charge >= 0.3 is 5.97 Å². The van der Waals surface area contributed by atoms with Crippen LogP contribution in [0.15, 0.2) is 30.3 Å². The molecule has 0 aliphatic heterocycles. The van der Waals surface area contributed by atoms with Gasteiger partial charge in [0.05, 0.1) is 5.92 Å². The maximum atomic E-state index is 11.7. The van der Waals surface area contributed by atoms with Crippen molar-refractivity contribution in [2.75, 3.05) is 6.54 Å². The van der Waals surface area contributed by atoms with Crippen molar-refractivity contribution in [3.63, 3.8) is 0 Å². The van der Waals surface area contributed by atoms with Gasteiger partial charge in [-0.1, -0.05) is 43.2 Å². The van der Waals surface area contributed by atoms with Gasteiger partial charge in [-0.05, 0) is 24.3 Å². The van der Waals surface area contributed by atoms with Gasteiger partial charge in [-0.2, -0.15) is 0 Å². The molecule has 1 aliphatic rings. The number of amides is 1. The van der Waals surface area contributed by atoms with Gasteiger partial charge in [0.2, 0.25) is 5.91 Å². The Kier molecular flexibility index (Phi) is 5.16. The fourth-order valence-corrected chi connectivity index (χ4v) is 2.21. The van der Waals surface area contributed by atoms with Crippen LogP contribution >= 0.6 is 0 Å².